The summed E-state index contributed by atoms with van der Waals surface area (Å²) >= 11 is 0. The van der Waals surface area contributed by atoms with Crippen LogP contribution < -0.4 is 5.56 Å². The molecule has 0 saturated heterocycles. The molecule has 5 nitrogen and oxygen atoms in total. The van der Waals surface area contributed by atoms with Crippen molar-refractivity contribution in [1.29, 1.82) is 0 Å². The highest BCUT2D eigenvalue weighted by Gasteiger charge is 2.21. The lowest BCUT2D eigenvalue weighted by molar-refractivity contribution is -0.132. The lowest BCUT2D eigenvalue weighted by atomic mass is 9.94. The molecule has 1 aliphatic carbocycles. The quantitative estimate of drug-likeness (QED) is 0.918. The molecule has 1 fully saturated rings. The Kier molecular flexibility index (Phi) is 5.28. The number of rotatable bonds is 5. The van der Waals surface area contributed by atoms with Crippen molar-refractivity contribution in [3.63, 3.8) is 0 Å². The third kappa shape index (κ3) is 3.83. The molecular weight excluding hydrogens is 302 g/mol. The first kappa shape index (κ1) is 16.7. The van der Waals surface area contributed by atoms with Crippen LogP contribution in [0.15, 0.2) is 29.1 Å². The van der Waals surface area contributed by atoms with E-state index in [4.69, 9.17) is 0 Å². The van der Waals surface area contributed by atoms with E-state index in [-0.39, 0.29) is 11.5 Å². The summed E-state index contributed by atoms with van der Waals surface area (Å²) in [6, 6.07) is 7.73. The molecule has 5 heteroatoms. The second-order valence-electron chi connectivity index (χ2n) is 6.68. The molecule has 3 rings (SSSR count). The first-order valence-corrected chi connectivity index (χ1v) is 8.89. The summed E-state index contributed by atoms with van der Waals surface area (Å²) in [4.78, 5) is 33.6. The van der Waals surface area contributed by atoms with Gasteiger partial charge in [-0.15, -0.1) is 0 Å². The Morgan fingerprint density at radius 2 is 2.00 bits per heavy atom. The van der Waals surface area contributed by atoms with Crippen LogP contribution in [-0.2, 0) is 11.2 Å². The highest BCUT2D eigenvalue weighted by molar-refractivity contribution is 5.77. The number of fused-ring (bicyclic) bond motifs is 1. The normalized spacial score (nSPS) is 15.5. The van der Waals surface area contributed by atoms with Crippen molar-refractivity contribution in [2.45, 2.75) is 57.4 Å². The summed E-state index contributed by atoms with van der Waals surface area (Å²) in [6.07, 6.45) is 7.82. The number of aromatic amines is 1. The number of para-hydroxylation sites is 1. The van der Waals surface area contributed by atoms with Crippen molar-refractivity contribution in [3.05, 3.63) is 40.4 Å². The Morgan fingerprint density at radius 1 is 1.25 bits per heavy atom. The van der Waals surface area contributed by atoms with Gasteiger partial charge in [0.05, 0.1) is 10.9 Å². The van der Waals surface area contributed by atoms with Crippen LogP contribution in [0, 0.1) is 0 Å². The van der Waals surface area contributed by atoms with Crippen molar-refractivity contribution in [1.82, 2.24) is 14.9 Å². The zero-order valence-electron chi connectivity index (χ0n) is 14.3. The molecule has 2 aromatic rings. The number of carbonyl (C=O) groups excluding carboxylic acids is 1. The van der Waals surface area contributed by atoms with Gasteiger partial charge in [0.15, 0.2) is 0 Å². The van der Waals surface area contributed by atoms with Gasteiger partial charge in [0.1, 0.15) is 5.82 Å². The molecule has 1 aromatic heterocycles. The summed E-state index contributed by atoms with van der Waals surface area (Å²) in [6.45, 7) is 0. The Balaban J connectivity index is 1.56. The number of carbonyl (C=O) groups is 1. The minimum Gasteiger partial charge on any atom is -0.343 e. The number of amides is 1. The molecular formula is C19H25N3O2. The minimum atomic E-state index is -0.110. The average Bonchev–Trinajstić information content (AvgIpc) is 2.62. The standard InChI is InChI=1S/C19H25N3O2/c1-22(14-8-3-2-4-9-14)18(23)13-7-12-17-20-16-11-6-5-10-15(16)19(24)21-17/h5-6,10-11,14H,2-4,7-9,12-13H2,1H3,(H,20,21,24). The molecule has 1 saturated carbocycles. The van der Waals surface area contributed by atoms with Crippen LogP contribution in [0.1, 0.15) is 50.8 Å². The number of aryl methyl sites for hydroxylation is 1. The molecule has 1 N–H and O–H groups in total. The van der Waals surface area contributed by atoms with Crippen molar-refractivity contribution < 1.29 is 4.79 Å². The molecule has 1 aromatic carbocycles. The van der Waals surface area contributed by atoms with Gasteiger partial charge in [-0.05, 0) is 31.4 Å². The van der Waals surface area contributed by atoms with E-state index < -0.39 is 0 Å². The fraction of sp³-hybridized carbons (Fsp3) is 0.526. The summed E-state index contributed by atoms with van der Waals surface area (Å²) in [7, 11) is 1.93. The molecule has 0 spiro atoms. The number of nitrogens with one attached hydrogen (secondary N) is 1. The van der Waals surface area contributed by atoms with Crippen molar-refractivity contribution in [2.24, 2.45) is 0 Å². The third-order valence-electron chi connectivity index (χ3n) is 4.98. The molecule has 0 radical (unpaired) electrons. The molecule has 24 heavy (non-hydrogen) atoms. The zero-order chi connectivity index (χ0) is 16.9. The van der Waals surface area contributed by atoms with Gasteiger partial charge in [0.25, 0.3) is 5.56 Å². The summed E-state index contributed by atoms with van der Waals surface area (Å²) in [5.41, 5.74) is 0.600. The number of aromatic nitrogens is 2. The van der Waals surface area contributed by atoms with Crippen LogP contribution in [-0.4, -0.2) is 33.9 Å². The molecule has 128 valence electrons. The Labute approximate surface area is 142 Å². The Morgan fingerprint density at radius 3 is 2.79 bits per heavy atom. The minimum absolute atomic E-state index is 0.110. The Bertz CT molecular complexity index is 763. The van der Waals surface area contributed by atoms with E-state index >= 15 is 0 Å². The lowest BCUT2D eigenvalue weighted by Crippen LogP contribution is -2.38. The van der Waals surface area contributed by atoms with Gasteiger partial charge in [-0.25, -0.2) is 4.98 Å². The van der Waals surface area contributed by atoms with Crippen LogP contribution in [0.2, 0.25) is 0 Å². The molecule has 1 amide bonds. The second kappa shape index (κ2) is 7.60. The monoisotopic (exact) mass is 327 g/mol. The predicted molar refractivity (Wildman–Crippen MR) is 94.9 cm³/mol. The van der Waals surface area contributed by atoms with E-state index in [1.54, 1.807) is 6.07 Å². The van der Waals surface area contributed by atoms with Gasteiger partial charge in [-0.3, -0.25) is 9.59 Å². The maximum Gasteiger partial charge on any atom is 0.258 e. The van der Waals surface area contributed by atoms with Gasteiger partial charge < -0.3 is 9.88 Å². The first-order chi connectivity index (χ1) is 11.6. The van der Waals surface area contributed by atoms with Crippen LogP contribution >= 0.6 is 0 Å². The zero-order valence-corrected chi connectivity index (χ0v) is 14.3. The SMILES string of the molecule is CN(C(=O)CCCc1nc2ccccc2c(=O)[nH]1)C1CCCCC1. The van der Waals surface area contributed by atoms with Crippen LogP contribution in [0.25, 0.3) is 10.9 Å². The van der Waals surface area contributed by atoms with Crippen LogP contribution in [0.5, 0.6) is 0 Å². The van der Waals surface area contributed by atoms with E-state index in [1.165, 1.54) is 19.3 Å². The maximum absolute atomic E-state index is 12.3. The second-order valence-corrected chi connectivity index (χ2v) is 6.68. The topological polar surface area (TPSA) is 66.1 Å². The summed E-state index contributed by atoms with van der Waals surface area (Å²) in [5.74, 6) is 0.858. The van der Waals surface area contributed by atoms with E-state index in [0.29, 0.717) is 42.0 Å². The van der Waals surface area contributed by atoms with Crippen molar-refractivity contribution in [3.8, 4) is 0 Å². The highest BCUT2D eigenvalue weighted by Crippen LogP contribution is 2.22. The van der Waals surface area contributed by atoms with Crippen LogP contribution in [0.3, 0.4) is 0 Å². The average molecular weight is 327 g/mol. The third-order valence-corrected chi connectivity index (χ3v) is 4.98. The molecule has 0 bridgehead atoms. The molecule has 0 atom stereocenters. The molecule has 1 heterocycles. The number of nitrogens with zero attached hydrogens (tertiary/aromatic N) is 2. The molecule has 0 aliphatic heterocycles. The fourth-order valence-electron chi connectivity index (χ4n) is 3.51. The van der Waals surface area contributed by atoms with E-state index in [2.05, 4.69) is 9.97 Å². The van der Waals surface area contributed by atoms with Gasteiger partial charge in [0, 0.05) is 25.9 Å². The maximum atomic E-state index is 12.3. The Hall–Kier alpha value is -2.17. The van der Waals surface area contributed by atoms with Gasteiger partial charge in [-0.2, -0.15) is 0 Å². The fourth-order valence-corrected chi connectivity index (χ4v) is 3.51. The van der Waals surface area contributed by atoms with Gasteiger partial charge in [-0.1, -0.05) is 31.4 Å². The molecule has 0 unspecified atom stereocenters. The number of hydrogen-bond acceptors (Lipinski definition) is 3. The highest BCUT2D eigenvalue weighted by atomic mass is 16.2. The van der Waals surface area contributed by atoms with Crippen molar-refractivity contribution >= 4 is 16.8 Å². The summed E-state index contributed by atoms with van der Waals surface area (Å²) in [5, 5.41) is 0.606. The summed E-state index contributed by atoms with van der Waals surface area (Å²) < 4.78 is 0. The number of benzene rings is 1. The number of hydrogen-bond donors (Lipinski definition) is 1. The van der Waals surface area contributed by atoms with E-state index in [1.807, 2.05) is 30.1 Å². The van der Waals surface area contributed by atoms with E-state index in [9.17, 15) is 9.59 Å². The first-order valence-electron chi connectivity index (χ1n) is 8.89. The van der Waals surface area contributed by atoms with Gasteiger partial charge in [0.2, 0.25) is 5.91 Å². The van der Waals surface area contributed by atoms with Gasteiger partial charge >= 0.3 is 0 Å². The molecule has 1 aliphatic rings. The predicted octanol–water partition coefficient (Wildman–Crippen LogP) is 3.04. The largest absolute Gasteiger partial charge is 0.343 e. The lowest BCUT2D eigenvalue weighted by Gasteiger charge is -2.31. The smallest absolute Gasteiger partial charge is 0.258 e. The van der Waals surface area contributed by atoms with Crippen molar-refractivity contribution in [2.75, 3.05) is 7.05 Å². The van der Waals surface area contributed by atoms with Crippen LogP contribution in [0.4, 0.5) is 0 Å². The van der Waals surface area contributed by atoms with E-state index in [0.717, 1.165) is 12.8 Å². The number of H-pyrrole nitrogens is 1.